The van der Waals surface area contributed by atoms with Gasteiger partial charge < -0.3 is 29.9 Å². The van der Waals surface area contributed by atoms with E-state index in [-0.39, 0.29) is 26.4 Å². The van der Waals surface area contributed by atoms with Gasteiger partial charge in [0.1, 0.15) is 0 Å². The monoisotopic (exact) mass is 268 g/mol. The van der Waals surface area contributed by atoms with Crippen LogP contribution in [0, 0.1) is 0 Å². The van der Waals surface area contributed by atoms with E-state index in [0.717, 1.165) is 12.8 Å². The Labute approximate surface area is 105 Å². The van der Waals surface area contributed by atoms with Crippen LogP contribution in [0.25, 0.3) is 0 Å². The first-order chi connectivity index (χ1) is 8.54. The topological polar surface area (TPSA) is 134 Å². The smallest absolute Gasteiger partial charge is 0.450 e. The van der Waals surface area contributed by atoms with Crippen LogP contribution in [0.5, 0.6) is 0 Å². The van der Waals surface area contributed by atoms with Crippen molar-refractivity contribution < 1.29 is 39.5 Å². The van der Waals surface area contributed by atoms with Crippen molar-refractivity contribution in [3.05, 3.63) is 0 Å². The SMILES string of the molecule is O=C(O)OCCCCCCOC(=O)O.OCCO. The minimum Gasteiger partial charge on any atom is -0.450 e. The van der Waals surface area contributed by atoms with Crippen LogP contribution in [0.4, 0.5) is 9.59 Å². The number of ether oxygens (including phenoxy) is 2. The molecule has 0 aliphatic carbocycles. The Bertz CT molecular complexity index is 184. The maximum absolute atomic E-state index is 9.90. The molecule has 8 nitrogen and oxygen atoms in total. The van der Waals surface area contributed by atoms with E-state index in [1.807, 2.05) is 0 Å². The Morgan fingerprint density at radius 2 is 1.06 bits per heavy atom. The van der Waals surface area contributed by atoms with Gasteiger partial charge in [-0.25, -0.2) is 9.59 Å². The fraction of sp³-hybridized carbons (Fsp3) is 0.800. The molecule has 0 fully saturated rings. The predicted octanol–water partition coefficient (Wildman–Crippen LogP) is 0.907. The second kappa shape index (κ2) is 15.5. The van der Waals surface area contributed by atoms with Crippen molar-refractivity contribution in [2.75, 3.05) is 26.4 Å². The zero-order valence-corrected chi connectivity index (χ0v) is 10.1. The number of carbonyl (C=O) groups is 2. The van der Waals surface area contributed by atoms with Crippen molar-refractivity contribution in [1.82, 2.24) is 0 Å². The molecule has 0 rings (SSSR count). The number of carboxylic acid groups (broad SMARTS) is 2. The van der Waals surface area contributed by atoms with E-state index >= 15 is 0 Å². The Balaban J connectivity index is 0. The van der Waals surface area contributed by atoms with Gasteiger partial charge in [-0.15, -0.1) is 0 Å². The molecule has 0 radical (unpaired) electrons. The summed E-state index contributed by atoms with van der Waals surface area (Å²) in [6.45, 7) is 0.129. The first kappa shape index (κ1) is 18.8. The summed E-state index contributed by atoms with van der Waals surface area (Å²) in [5, 5.41) is 31.5. The highest BCUT2D eigenvalue weighted by Gasteiger charge is 1.97. The molecule has 0 aliphatic heterocycles. The Morgan fingerprint density at radius 3 is 1.28 bits per heavy atom. The van der Waals surface area contributed by atoms with Crippen LogP contribution in [-0.4, -0.2) is 59.2 Å². The molecule has 0 spiro atoms. The van der Waals surface area contributed by atoms with Gasteiger partial charge >= 0.3 is 12.3 Å². The average Bonchev–Trinajstić information content (AvgIpc) is 2.32. The van der Waals surface area contributed by atoms with E-state index in [4.69, 9.17) is 20.4 Å². The standard InChI is InChI=1S/C8H14O6.C2H6O2/c9-7(10)13-5-3-1-2-4-6-14-8(11)12;3-1-2-4/h1-6H2,(H,9,10)(H,11,12);3-4H,1-2H2. The van der Waals surface area contributed by atoms with E-state index < -0.39 is 12.3 Å². The third-order valence-corrected chi connectivity index (χ3v) is 1.59. The summed E-state index contributed by atoms with van der Waals surface area (Å²) in [5.41, 5.74) is 0. The lowest BCUT2D eigenvalue weighted by molar-refractivity contribution is 0.0853. The van der Waals surface area contributed by atoms with E-state index in [9.17, 15) is 9.59 Å². The molecular formula is C10H20O8. The first-order valence-electron chi connectivity index (χ1n) is 5.47. The van der Waals surface area contributed by atoms with E-state index in [1.54, 1.807) is 0 Å². The number of rotatable bonds is 8. The highest BCUT2D eigenvalue weighted by Crippen LogP contribution is 2.00. The summed E-state index contributed by atoms with van der Waals surface area (Å²) in [7, 11) is 0. The molecule has 108 valence electrons. The van der Waals surface area contributed by atoms with Crippen LogP contribution in [0.1, 0.15) is 25.7 Å². The molecule has 0 aromatic carbocycles. The van der Waals surface area contributed by atoms with Gasteiger partial charge in [-0.05, 0) is 25.7 Å². The molecule has 0 bridgehead atoms. The van der Waals surface area contributed by atoms with Gasteiger partial charge in [0.2, 0.25) is 0 Å². The zero-order valence-electron chi connectivity index (χ0n) is 10.1. The third kappa shape index (κ3) is 23.9. The van der Waals surface area contributed by atoms with Crippen molar-refractivity contribution in [3.63, 3.8) is 0 Å². The largest absolute Gasteiger partial charge is 0.505 e. The quantitative estimate of drug-likeness (QED) is 0.377. The van der Waals surface area contributed by atoms with Crippen LogP contribution < -0.4 is 0 Å². The van der Waals surface area contributed by atoms with E-state index in [2.05, 4.69) is 9.47 Å². The summed E-state index contributed by atoms with van der Waals surface area (Å²) in [6.07, 6.45) is 0.379. The number of hydrogen-bond acceptors (Lipinski definition) is 6. The lowest BCUT2D eigenvalue weighted by Gasteiger charge is -2.01. The molecular weight excluding hydrogens is 248 g/mol. The highest BCUT2D eigenvalue weighted by atomic mass is 16.7. The molecule has 0 unspecified atom stereocenters. The molecule has 0 aromatic heterocycles. The van der Waals surface area contributed by atoms with Crippen LogP contribution >= 0.6 is 0 Å². The third-order valence-electron chi connectivity index (χ3n) is 1.59. The number of hydrogen-bond donors (Lipinski definition) is 4. The van der Waals surface area contributed by atoms with Gasteiger partial charge in [-0.1, -0.05) is 0 Å². The van der Waals surface area contributed by atoms with E-state index in [0.29, 0.717) is 12.8 Å². The molecule has 18 heavy (non-hydrogen) atoms. The van der Waals surface area contributed by atoms with Crippen molar-refractivity contribution in [3.8, 4) is 0 Å². The molecule has 0 aliphatic rings. The lowest BCUT2D eigenvalue weighted by Crippen LogP contribution is -2.03. The second-order valence-electron chi connectivity index (χ2n) is 3.09. The maximum atomic E-state index is 9.90. The highest BCUT2D eigenvalue weighted by molar-refractivity contribution is 5.56. The zero-order chi connectivity index (χ0) is 14.2. The Hall–Kier alpha value is -1.54. The van der Waals surface area contributed by atoms with Crippen LogP contribution in [0.15, 0.2) is 0 Å². The van der Waals surface area contributed by atoms with Crippen molar-refractivity contribution >= 4 is 12.3 Å². The maximum Gasteiger partial charge on any atom is 0.505 e. The van der Waals surface area contributed by atoms with Gasteiger partial charge in [0.05, 0.1) is 26.4 Å². The van der Waals surface area contributed by atoms with Gasteiger partial charge in [0.15, 0.2) is 0 Å². The van der Waals surface area contributed by atoms with Gasteiger partial charge in [0, 0.05) is 0 Å². The predicted molar refractivity (Wildman–Crippen MR) is 60.6 cm³/mol. The van der Waals surface area contributed by atoms with E-state index in [1.165, 1.54) is 0 Å². The van der Waals surface area contributed by atoms with Crippen LogP contribution in [-0.2, 0) is 9.47 Å². The lowest BCUT2D eigenvalue weighted by atomic mass is 10.2. The number of aliphatic hydroxyl groups is 2. The molecule has 0 aromatic rings. The Kier molecular flexibility index (Phi) is 16.2. The van der Waals surface area contributed by atoms with Crippen LogP contribution in [0.3, 0.4) is 0 Å². The Morgan fingerprint density at radius 1 is 0.722 bits per heavy atom. The molecule has 4 N–H and O–H groups in total. The minimum atomic E-state index is -1.26. The summed E-state index contributed by atoms with van der Waals surface area (Å²) >= 11 is 0. The first-order valence-corrected chi connectivity index (χ1v) is 5.47. The molecule has 0 atom stereocenters. The fourth-order valence-corrected chi connectivity index (χ4v) is 0.877. The number of aliphatic hydroxyl groups excluding tert-OH is 2. The van der Waals surface area contributed by atoms with Gasteiger partial charge in [0.25, 0.3) is 0 Å². The van der Waals surface area contributed by atoms with Gasteiger partial charge in [-0.3, -0.25) is 0 Å². The summed E-state index contributed by atoms with van der Waals surface area (Å²) in [4.78, 5) is 19.8. The molecule has 0 saturated heterocycles. The van der Waals surface area contributed by atoms with Crippen LogP contribution in [0.2, 0.25) is 0 Å². The second-order valence-corrected chi connectivity index (χ2v) is 3.09. The summed E-state index contributed by atoms with van der Waals surface area (Å²) < 4.78 is 8.56. The summed E-state index contributed by atoms with van der Waals surface area (Å²) in [6, 6.07) is 0. The van der Waals surface area contributed by atoms with Gasteiger partial charge in [-0.2, -0.15) is 0 Å². The molecule has 0 amide bonds. The fourth-order valence-electron chi connectivity index (χ4n) is 0.877. The molecule has 0 heterocycles. The van der Waals surface area contributed by atoms with Crippen molar-refractivity contribution in [2.24, 2.45) is 0 Å². The van der Waals surface area contributed by atoms with Crippen molar-refractivity contribution in [1.29, 1.82) is 0 Å². The molecule has 8 heteroatoms. The average molecular weight is 268 g/mol. The van der Waals surface area contributed by atoms with Crippen molar-refractivity contribution in [2.45, 2.75) is 25.7 Å². The summed E-state index contributed by atoms with van der Waals surface area (Å²) in [5.74, 6) is 0. The normalized spacial score (nSPS) is 9.00. The minimum absolute atomic E-state index is 0.125. The molecule has 0 saturated carbocycles. The number of unbranched alkanes of at least 4 members (excludes halogenated alkanes) is 3.